The zero-order valence-corrected chi connectivity index (χ0v) is 17.4. The van der Waals surface area contributed by atoms with Crippen molar-refractivity contribution in [2.75, 3.05) is 33.4 Å². The molecule has 0 amide bonds. The Morgan fingerprint density at radius 1 is 1.22 bits per heavy atom. The highest BCUT2D eigenvalue weighted by atomic mass is 127. The van der Waals surface area contributed by atoms with E-state index >= 15 is 0 Å². The predicted molar refractivity (Wildman–Crippen MR) is 109 cm³/mol. The van der Waals surface area contributed by atoms with Crippen molar-refractivity contribution in [1.82, 2.24) is 10.6 Å². The largest absolute Gasteiger partial charge is 0.385 e. The lowest BCUT2D eigenvalue weighted by Gasteiger charge is -2.27. The van der Waals surface area contributed by atoms with E-state index in [9.17, 15) is 0 Å². The average molecular weight is 437 g/mol. The first kappa shape index (κ1) is 21.0. The molecule has 5 heteroatoms. The summed E-state index contributed by atoms with van der Waals surface area (Å²) in [6.07, 6.45) is 12.0. The molecular formula is C18H36IN3O. The third-order valence-electron chi connectivity index (χ3n) is 5.20. The van der Waals surface area contributed by atoms with Crippen LogP contribution in [0, 0.1) is 11.3 Å². The van der Waals surface area contributed by atoms with Gasteiger partial charge in [0.15, 0.2) is 5.96 Å². The van der Waals surface area contributed by atoms with E-state index in [2.05, 4.69) is 17.6 Å². The Bertz CT molecular complexity index is 339. The molecule has 0 bridgehead atoms. The summed E-state index contributed by atoms with van der Waals surface area (Å²) in [6, 6.07) is 0. The van der Waals surface area contributed by atoms with Crippen LogP contribution in [0.25, 0.3) is 0 Å². The Balaban J connectivity index is 0.00000264. The van der Waals surface area contributed by atoms with Gasteiger partial charge >= 0.3 is 0 Å². The molecule has 2 fully saturated rings. The van der Waals surface area contributed by atoms with Gasteiger partial charge in [0.2, 0.25) is 0 Å². The number of ether oxygens (including phenoxy) is 1. The Labute approximate surface area is 159 Å². The third-order valence-corrected chi connectivity index (χ3v) is 5.20. The second-order valence-electron chi connectivity index (χ2n) is 7.16. The summed E-state index contributed by atoms with van der Waals surface area (Å²) in [5.41, 5.74) is 0.381. The summed E-state index contributed by atoms with van der Waals surface area (Å²) in [6.45, 7) is 5.92. The second kappa shape index (κ2) is 11.5. The van der Waals surface area contributed by atoms with Crippen molar-refractivity contribution in [1.29, 1.82) is 0 Å². The molecule has 0 aromatic rings. The second-order valence-corrected chi connectivity index (χ2v) is 7.16. The molecule has 2 aliphatic carbocycles. The number of nitrogens with one attached hydrogen (secondary N) is 2. The molecule has 2 aliphatic rings. The van der Waals surface area contributed by atoms with Gasteiger partial charge in [-0.1, -0.05) is 25.7 Å². The minimum Gasteiger partial charge on any atom is -0.385 e. The number of rotatable bonds is 10. The first-order valence-electron chi connectivity index (χ1n) is 9.29. The first-order valence-corrected chi connectivity index (χ1v) is 9.29. The van der Waals surface area contributed by atoms with Gasteiger partial charge in [-0.2, -0.15) is 0 Å². The molecule has 23 heavy (non-hydrogen) atoms. The molecule has 0 radical (unpaired) electrons. The van der Waals surface area contributed by atoms with Gasteiger partial charge in [-0.05, 0) is 50.4 Å². The maximum absolute atomic E-state index is 5.31. The molecule has 0 saturated heterocycles. The van der Waals surface area contributed by atoms with Gasteiger partial charge in [0, 0.05) is 33.4 Å². The van der Waals surface area contributed by atoms with Crippen LogP contribution < -0.4 is 10.6 Å². The van der Waals surface area contributed by atoms with Crippen LogP contribution in [0.4, 0.5) is 0 Å². The molecule has 0 aliphatic heterocycles. The number of aliphatic imine (C=N–C) groups is 1. The molecule has 0 spiro atoms. The lowest BCUT2D eigenvalue weighted by molar-refractivity contribution is 0.141. The molecule has 2 N–H and O–H groups in total. The van der Waals surface area contributed by atoms with E-state index in [4.69, 9.17) is 9.73 Å². The summed E-state index contributed by atoms with van der Waals surface area (Å²) in [4.78, 5) is 4.89. The molecule has 0 unspecified atom stereocenters. The molecular weight excluding hydrogens is 401 g/mol. The zero-order chi connectivity index (χ0) is 15.7. The number of hydrogen-bond acceptors (Lipinski definition) is 2. The van der Waals surface area contributed by atoms with Crippen LogP contribution in [0.5, 0.6) is 0 Å². The standard InChI is InChI=1S/C18H35N3O.HI/c1-3-19-17(20-13-6-7-16-8-9-16)21-15-18(12-14-22-2)10-4-5-11-18;/h16H,3-15H2,1-2H3,(H2,19,20,21);1H. The third kappa shape index (κ3) is 8.05. The summed E-state index contributed by atoms with van der Waals surface area (Å²) in [7, 11) is 1.80. The smallest absolute Gasteiger partial charge is 0.191 e. The maximum Gasteiger partial charge on any atom is 0.191 e. The molecule has 136 valence electrons. The van der Waals surface area contributed by atoms with Gasteiger partial charge in [0.25, 0.3) is 0 Å². The zero-order valence-electron chi connectivity index (χ0n) is 15.0. The van der Waals surface area contributed by atoms with E-state index in [0.717, 1.165) is 44.5 Å². The van der Waals surface area contributed by atoms with Crippen LogP contribution in [0.3, 0.4) is 0 Å². The molecule has 0 heterocycles. The van der Waals surface area contributed by atoms with Crippen molar-refractivity contribution in [3.05, 3.63) is 0 Å². The fourth-order valence-electron chi connectivity index (χ4n) is 3.52. The minimum absolute atomic E-state index is 0. The van der Waals surface area contributed by atoms with Crippen LogP contribution in [0.1, 0.15) is 64.7 Å². The Morgan fingerprint density at radius 2 is 1.96 bits per heavy atom. The van der Waals surface area contributed by atoms with Gasteiger partial charge in [-0.3, -0.25) is 4.99 Å². The highest BCUT2D eigenvalue weighted by molar-refractivity contribution is 14.0. The van der Waals surface area contributed by atoms with Gasteiger partial charge in [-0.25, -0.2) is 0 Å². The van der Waals surface area contributed by atoms with Crippen molar-refractivity contribution in [2.24, 2.45) is 16.3 Å². The SMILES string of the molecule is CCNC(=NCC1(CCOC)CCCC1)NCCCC1CC1.I. The predicted octanol–water partition coefficient (Wildman–Crippen LogP) is 3.95. The fourth-order valence-corrected chi connectivity index (χ4v) is 3.52. The molecule has 0 atom stereocenters. The summed E-state index contributed by atoms with van der Waals surface area (Å²) in [5.74, 6) is 2.03. The lowest BCUT2D eigenvalue weighted by Crippen LogP contribution is -2.39. The fraction of sp³-hybridized carbons (Fsp3) is 0.944. The topological polar surface area (TPSA) is 45.7 Å². The molecule has 4 nitrogen and oxygen atoms in total. The van der Waals surface area contributed by atoms with E-state index in [1.54, 1.807) is 7.11 Å². The number of halogens is 1. The highest BCUT2D eigenvalue weighted by Crippen LogP contribution is 2.41. The van der Waals surface area contributed by atoms with Crippen LogP contribution in [-0.4, -0.2) is 39.3 Å². The molecule has 0 aromatic carbocycles. The van der Waals surface area contributed by atoms with E-state index in [-0.39, 0.29) is 24.0 Å². The van der Waals surface area contributed by atoms with Gasteiger partial charge in [0.1, 0.15) is 0 Å². The van der Waals surface area contributed by atoms with Gasteiger partial charge in [-0.15, -0.1) is 24.0 Å². The number of methoxy groups -OCH3 is 1. The monoisotopic (exact) mass is 437 g/mol. The maximum atomic E-state index is 5.31. The van der Waals surface area contributed by atoms with Crippen molar-refractivity contribution in [3.8, 4) is 0 Å². The summed E-state index contributed by atoms with van der Waals surface area (Å²) < 4.78 is 5.31. The molecule has 2 rings (SSSR count). The Kier molecular flexibility index (Phi) is 10.5. The van der Waals surface area contributed by atoms with E-state index in [0.29, 0.717) is 5.41 Å². The van der Waals surface area contributed by atoms with E-state index in [1.165, 1.54) is 51.4 Å². The van der Waals surface area contributed by atoms with Crippen LogP contribution in [-0.2, 0) is 4.74 Å². The van der Waals surface area contributed by atoms with Crippen molar-refractivity contribution < 1.29 is 4.74 Å². The van der Waals surface area contributed by atoms with Crippen molar-refractivity contribution in [3.63, 3.8) is 0 Å². The average Bonchev–Trinajstić information content (AvgIpc) is 3.24. The highest BCUT2D eigenvalue weighted by Gasteiger charge is 2.33. The quantitative estimate of drug-likeness (QED) is 0.236. The summed E-state index contributed by atoms with van der Waals surface area (Å²) in [5, 5.41) is 6.90. The number of nitrogens with zero attached hydrogens (tertiary/aromatic N) is 1. The normalized spacial score (nSPS) is 20.2. The Hall–Kier alpha value is -0.0400. The van der Waals surface area contributed by atoms with E-state index < -0.39 is 0 Å². The van der Waals surface area contributed by atoms with Crippen LogP contribution in [0.2, 0.25) is 0 Å². The molecule has 0 aromatic heterocycles. The first-order chi connectivity index (χ1) is 10.8. The van der Waals surface area contributed by atoms with Gasteiger partial charge < -0.3 is 15.4 Å². The van der Waals surface area contributed by atoms with Crippen molar-refractivity contribution in [2.45, 2.75) is 64.7 Å². The van der Waals surface area contributed by atoms with Gasteiger partial charge in [0.05, 0.1) is 0 Å². The van der Waals surface area contributed by atoms with Crippen LogP contribution in [0.15, 0.2) is 4.99 Å². The Morgan fingerprint density at radius 3 is 2.57 bits per heavy atom. The number of guanidine groups is 1. The lowest BCUT2D eigenvalue weighted by atomic mass is 9.83. The number of hydrogen-bond donors (Lipinski definition) is 2. The summed E-state index contributed by atoms with van der Waals surface area (Å²) >= 11 is 0. The van der Waals surface area contributed by atoms with Crippen LogP contribution >= 0.6 is 24.0 Å². The minimum atomic E-state index is 0. The van der Waals surface area contributed by atoms with Crippen molar-refractivity contribution >= 4 is 29.9 Å². The molecule has 2 saturated carbocycles. The van der Waals surface area contributed by atoms with E-state index in [1.807, 2.05) is 0 Å².